The van der Waals surface area contributed by atoms with Crippen LogP contribution in [-0.4, -0.2) is 158 Å². The fraction of sp³-hybridized carbons (Fsp3) is 0.378. The fourth-order valence-electron chi connectivity index (χ4n) is 20.6. The van der Waals surface area contributed by atoms with E-state index < -0.39 is 98.9 Å². The Morgan fingerprint density at radius 1 is 0.409 bits per heavy atom. The minimum absolute atomic E-state index is 0. The molecule has 8 bridgehead atoms. The van der Waals surface area contributed by atoms with Gasteiger partial charge in [0.1, 0.15) is 59.0 Å². The standard InChI is InChI=1S/C23H22ClFN4O4S.2C22H19ClFN3O3S.C21H17ClFN3O4S.C2H7NO.ClH/c1-29(33-3)21(31)23-9-22(10-23,11-23)17-15(20(30)32-2)16(13-5-4-12(25)8-14(13)24)27-18(28-17)19-26-6-7-34-19;2*1-11(28)21-8-22(9-21,10-21)17-15(20(29)30-2)16(13-4-3-12(24)7-14(13)23)26-18(27-17)19-25-5-6-31-19;1-30-18(27)13-14(11-3-2-10(23)6-12(11)22)25-16(17-24-4-5-31-17)26-15(13)20-7-21(8-20,9-20)19(28)29;1-3-4-2;/h4-8,16H,9-11H2,1-3H3,(H,27,28);2*3-7,16H,8-10H2,1-2H3,(H,26,27);2-6,14H,7-9H2,1H3,(H,25,26)(H,28,29);3H,1-2H3;1H. The number of benzene rings is 4. The number of hydrogen-bond acceptors (Lipinski definition) is 31. The molecule has 4 unspecified atom stereocenters. The topological polar surface area (TPSA) is 377 Å². The molecule has 42 heteroatoms. The number of aromatic nitrogens is 4. The lowest BCUT2D eigenvalue weighted by Gasteiger charge is -2.70. The number of rotatable bonds is 22. The van der Waals surface area contributed by atoms with Crippen LogP contribution in [0.15, 0.2) is 184 Å². The zero-order valence-electron chi connectivity index (χ0n) is 72.1. The molecular weight excluding hydrogens is 1900 g/mol. The predicted octanol–water partition coefficient (Wildman–Crippen LogP) is 16.0. The number of hydroxylamine groups is 3. The van der Waals surface area contributed by atoms with Crippen molar-refractivity contribution in [3.8, 4) is 0 Å². The first-order valence-corrected chi connectivity index (χ1v) is 45.9. The van der Waals surface area contributed by atoms with E-state index in [-0.39, 0.29) is 77.2 Å². The number of amides is 1. The number of nitrogens with zero attached hydrogens (tertiary/aromatic N) is 9. The minimum atomic E-state index is -0.842. The maximum absolute atomic E-state index is 13.8. The van der Waals surface area contributed by atoms with Gasteiger partial charge in [-0.1, -0.05) is 70.7 Å². The Morgan fingerprint density at radius 2 is 0.636 bits per heavy atom. The number of Topliss-reactive ketones (excluding diaryl/α,β-unsaturated/α-hetero) is 2. The van der Waals surface area contributed by atoms with E-state index in [0.29, 0.717) is 182 Å². The van der Waals surface area contributed by atoms with Crippen molar-refractivity contribution in [3.05, 3.63) is 250 Å². The van der Waals surface area contributed by atoms with Crippen LogP contribution in [0.3, 0.4) is 0 Å². The van der Waals surface area contributed by atoms with Crippen molar-refractivity contribution in [1.29, 1.82) is 0 Å². The summed E-state index contributed by atoms with van der Waals surface area (Å²) < 4.78 is 75.3. The number of carboxylic acid groups (broad SMARTS) is 1. The van der Waals surface area contributed by atoms with Crippen molar-refractivity contribution in [2.24, 2.45) is 63.3 Å². The molecule has 132 heavy (non-hydrogen) atoms. The highest BCUT2D eigenvalue weighted by atomic mass is 35.5. The average molecular weight is 1980 g/mol. The zero-order chi connectivity index (χ0) is 93.6. The Hall–Kier alpha value is -10.6. The molecular formula is C90H85Cl5F4N14O15S4. The molecule has 29 nitrogen and oxygen atoms in total. The number of halogens is 9. The Labute approximate surface area is 795 Å². The molecule has 12 fully saturated rings. The van der Waals surface area contributed by atoms with Crippen LogP contribution >= 0.6 is 104 Å². The summed E-state index contributed by atoms with van der Waals surface area (Å²) in [5, 5.41) is 34.6. The maximum atomic E-state index is 13.8. The van der Waals surface area contributed by atoms with E-state index in [9.17, 15) is 61.0 Å². The van der Waals surface area contributed by atoms with Crippen LogP contribution in [0.2, 0.25) is 20.1 Å². The number of allylic oxidation sites excluding steroid dienone is 4. The molecule has 692 valence electrons. The van der Waals surface area contributed by atoms with Crippen molar-refractivity contribution in [2.45, 2.75) is 115 Å². The Kier molecular flexibility index (Phi) is 26.9. The number of thiazole rings is 4. The van der Waals surface area contributed by atoms with Crippen molar-refractivity contribution < 1.29 is 89.6 Å². The van der Waals surface area contributed by atoms with E-state index in [4.69, 9.17) is 90.2 Å². The summed E-state index contributed by atoms with van der Waals surface area (Å²) in [5.74, 6) is -2.72. The Bertz CT molecular complexity index is 5790. The van der Waals surface area contributed by atoms with Gasteiger partial charge in [0.2, 0.25) is 0 Å². The quantitative estimate of drug-likeness (QED) is 0.0159. The van der Waals surface area contributed by atoms with Crippen LogP contribution in [0.1, 0.15) is 157 Å². The highest BCUT2D eigenvalue weighted by Gasteiger charge is 2.77. The summed E-state index contributed by atoms with van der Waals surface area (Å²) in [6.07, 6.45) is 13.7. The third-order valence-electron chi connectivity index (χ3n) is 26.8. The number of ether oxygens (including phenoxy) is 4. The van der Waals surface area contributed by atoms with Gasteiger partial charge in [-0.25, -0.2) is 67.2 Å². The normalized spacial score (nSPS) is 27.5. The third kappa shape index (κ3) is 16.7. The summed E-state index contributed by atoms with van der Waals surface area (Å²) >= 11 is 31.1. The number of nitrogens with one attached hydrogen (secondary N) is 5. The molecule has 24 rings (SSSR count). The van der Waals surface area contributed by atoms with Gasteiger partial charge in [-0.2, -0.15) is 0 Å². The van der Waals surface area contributed by atoms with Crippen LogP contribution in [0, 0.1) is 66.6 Å². The van der Waals surface area contributed by atoms with Crippen molar-refractivity contribution in [3.63, 3.8) is 0 Å². The van der Waals surface area contributed by atoms with Crippen molar-refractivity contribution in [1.82, 2.24) is 51.7 Å². The van der Waals surface area contributed by atoms with Crippen LogP contribution in [0.25, 0.3) is 0 Å². The molecule has 1 amide bonds. The van der Waals surface area contributed by atoms with E-state index in [2.05, 4.69) is 51.5 Å². The summed E-state index contributed by atoms with van der Waals surface area (Å²) in [4.78, 5) is 146. The first kappa shape index (κ1) is 96.0. The summed E-state index contributed by atoms with van der Waals surface area (Å²) in [6, 6.07) is 12.8. The van der Waals surface area contributed by atoms with Gasteiger partial charge >= 0.3 is 29.8 Å². The largest absolute Gasteiger partial charge is 0.481 e. The molecule has 12 saturated carbocycles. The lowest BCUT2D eigenvalue weighted by molar-refractivity contribution is -0.230. The molecule has 4 aromatic carbocycles. The van der Waals surface area contributed by atoms with Gasteiger partial charge in [-0.15, -0.1) is 57.8 Å². The summed E-state index contributed by atoms with van der Waals surface area (Å²) in [7, 11) is 11.5. The monoisotopic (exact) mass is 1980 g/mol. The second-order valence-electron chi connectivity index (χ2n) is 34.3. The number of hydrogen-bond donors (Lipinski definition) is 6. The fourth-order valence-corrected chi connectivity index (χ4v) is 24.0. The molecule has 4 aromatic heterocycles. The van der Waals surface area contributed by atoms with E-state index in [1.807, 2.05) is 16.1 Å². The maximum Gasteiger partial charge on any atom is 0.338 e. The average Bonchev–Trinajstić information content (AvgIpc) is 1.14. The summed E-state index contributed by atoms with van der Waals surface area (Å²) in [6.45, 7) is 3.24. The number of aliphatic imine (C=N–C) groups is 4. The first-order valence-electron chi connectivity index (χ1n) is 40.9. The molecule has 8 aromatic rings. The highest BCUT2D eigenvalue weighted by Crippen LogP contribution is 2.80. The second-order valence-corrected chi connectivity index (χ2v) is 39.5. The van der Waals surface area contributed by atoms with E-state index in [0.717, 1.165) is 0 Å². The Balaban J connectivity index is 0.000000132. The molecule has 4 aliphatic heterocycles. The van der Waals surface area contributed by atoms with Gasteiger partial charge < -0.3 is 50.2 Å². The lowest BCUT2D eigenvalue weighted by Crippen LogP contribution is -2.70. The number of ketones is 2. The van der Waals surface area contributed by atoms with Gasteiger partial charge in [0.15, 0.2) is 43.4 Å². The van der Waals surface area contributed by atoms with Crippen LogP contribution in [0.4, 0.5) is 17.6 Å². The van der Waals surface area contributed by atoms with Crippen molar-refractivity contribution >= 4 is 175 Å². The molecule has 8 heterocycles. The van der Waals surface area contributed by atoms with Crippen LogP contribution in [0.5, 0.6) is 0 Å². The molecule has 6 N–H and O–H groups in total. The molecule has 12 aliphatic carbocycles. The van der Waals surface area contributed by atoms with Gasteiger partial charge in [0, 0.05) is 158 Å². The van der Waals surface area contributed by atoms with Gasteiger partial charge in [-0.3, -0.25) is 44.0 Å². The summed E-state index contributed by atoms with van der Waals surface area (Å²) in [5.41, 5.74) is 4.87. The zero-order valence-corrected chi connectivity index (χ0v) is 79.2. The minimum Gasteiger partial charge on any atom is -0.481 e. The van der Waals surface area contributed by atoms with Gasteiger partial charge in [0.05, 0.1) is 75.8 Å². The van der Waals surface area contributed by atoms with E-state index in [1.165, 1.54) is 159 Å². The van der Waals surface area contributed by atoms with Gasteiger partial charge in [0.25, 0.3) is 5.91 Å². The third-order valence-corrected chi connectivity index (χ3v) is 31.2. The van der Waals surface area contributed by atoms with E-state index >= 15 is 0 Å². The number of carbonyl (C=O) groups is 8. The molecule has 16 aliphatic rings. The molecule has 4 atom stereocenters. The number of methoxy groups -OCH3 is 4. The SMILES string of the molecule is CNOC.COC(=O)C1=C(C23CC(C(=O)N(C)OC)(C2)C3)NC(c2nccs2)=NC1c1ccc(F)cc1Cl.COC(=O)C1=C(C23CC(C(=O)O)(C2)C3)NC(c2nccs2)=NC1c1ccc(F)cc1Cl.COC(=O)C1=C(C23CC(C(C)=O)(C2)C3)NC(c2nccs2)=NC1c1ccc(F)cc1Cl.COC(=O)C1=C(C23CC(C(C)=O)(C2)C3)NC(c2nccs2)=NC1c1ccc(F)cc1Cl.Cl. The highest BCUT2D eigenvalue weighted by molar-refractivity contribution is 7.12. The van der Waals surface area contributed by atoms with E-state index in [1.54, 1.807) is 65.2 Å². The number of carbonyl (C=O) groups excluding carboxylic acids is 7. The van der Waals surface area contributed by atoms with Crippen LogP contribution in [-0.2, 0) is 67.0 Å². The first-order chi connectivity index (χ1) is 62.5. The predicted molar refractivity (Wildman–Crippen MR) is 487 cm³/mol. The number of amidine groups is 4. The number of esters is 4. The Morgan fingerprint density at radius 3 is 0.818 bits per heavy atom. The number of carboxylic acids is 1. The lowest BCUT2D eigenvalue weighted by atomic mass is 9.33. The number of aliphatic carboxylic acids is 1. The molecule has 0 spiro atoms. The second kappa shape index (κ2) is 37.0. The van der Waals surface area contributed by atoms with Gasteiger partial charge in [-0.05, 0) is 139 Å². The molecule has 0 saturated heterocycles. The van der Waals surface area contributed by atoms with Crippen molar-refractivity contribution in [2.75, 3.05) is 56.8 Å². The van der Waals surface area contributed by atoms with Crippen LogP contribution < -0.4 is 26.7 Å². The molecule has 0 radical (unpaired) electrons. The smallest absolute Gasteiger partial charge is 0.338 e.